The summed E-state index contributed by atoms with van der Waals surface area (Å²) in [4.78, 5) is 0. The van der Waals surface area contributed by atoms with Crippen molar-refractivity contribution in [2.45, 2.75) is 86.5 Å². The van der Waals surface area contributed by atoms with Crippen LogP contribution in [-0.4, -0.2) is 0 Å². The van der Waals surface area contributed by atoms with E-state index in [0.717, 1.165) is 11.8 Å². The average Bonchev–Trinajstić information content (AvgIpc) is 2.15. The minimum Gasteiger partial charge on any atom is -0.0602 e. The zero-order valence-electron chi connectivity index (χ0n) is 13.1. The Morgan fingerprint density at radius 3 is 2.00 bits per heavy atom. The van der Waals surface area contributed by atoms with E-state index in [2.05, 4.69) is 41.5 Å². The second-order valence-electron chi connectivity index (χ2n) is 8.47. The Kier molecular flexibility index (Phi) is 5.10. The molecule has 0 radical (unpaired) electrons. The molecule has 0 aromatic carbocycles. The van der Waals surface area contributed by atoms with Gasteiger partial charge in [0.15, 0.2) is 0 Å². The van der Waals surface area contributed by atoms with Crippen LogP contribution in [0.1, 0.15) is 86.5 Å². The molecule has 1 rings (SSSR count). The highest BCUT2D eigenvalue weighted by Crippen LogP contribution is 2.44. The SMILES string of the molecule is CC(C)(C)CCCC1CCCCC1C(C)(C)C. The first-order valence-electron chi connectivity index (χ1n) is 7.70. The van der Waals surface area contributed by atoms with Crippen LogP contribution in [0.15, 0.2) is 0 Å². The van der Waals surface area contributed by atoms with Gasteiger partial charge in [0, 0.05) is 0 Å². The highest BCUT2D eigenvalue weighted by molar-refractivity contribution is 4.84. The largest absolute Gasteiger partial charge is 0.0602 e. The van der Waals surface area contributed by atoms with E-state index in [9.17, 15) is 0 Å². The van der Waals surface area contributed by atoms with Crippen molar-refractivity contribution >= 4 is 0 Å². The Balaban J connectivity index is 2.44. The van der Waals surface area contributed by atoms with Gasteiger partial charge in [-0.2, -0.15) is 0 Å². The maximum absolute atomic E-state index is 2.44. The van der Waals surface area contributed by atoms with Crippen molar-refractivity contribution < 1.29 is 0 Å². The molecule has 102 valence electrons. The molecule has 1 aliphatic carbocycles. The van der Waals surface area contributed by atoms with Crippen LogP contribution in [0.2, 0.25) is 0 Å². The topological polar surface area (TPSA) is 0 Å². The number of hydrogen-bond donors (Lipinski definition) is 0. The average molecular weight is 238 g/mol. The third-order valence-electron chi connectivity index (χ3n) is 4.52. The van der Waals surface area contributed by atoms with E-state index in [1.807, 2.05) is 0 Å². The first-order chi connectivity index (χ1) is 7.70. The van der Waals surface area contributed by atoms with Crippen LogP contribution in [0.5, 0.6) is 0 Å². The monoisotopic (exact) mass is 238 g/mol. The third kappa shape index (κ3) is 5.44. The zero-order valence-corrected chi connectivity index (χ0v) is 13.1. The first-order valence-corrected chi connectivity index (χ1v) is 7.70. The molecule has 0 aromatic rings. The molecule has 0 spiro atoms. The molecule has 0 amide bonds. The Bertz CT molecular complexity index is 213. The lowest BCUT2D eigenvalue weighted by Crippen LogP contribution is -2.31. The summed E-state index contributed by atoms with van der Waals surface area (Å²) in [5.74, 6) is 1.97. The predicted octanol–water partition coefficient (Wildman–Crippen LogP) is 6.06. The second-order valence-corrected chi connectivity index (χ2v) is 8.47. The van der Waals surface area contributed by atoms with E-state index in [1.54, 1.807) is 0 Å². The van der Waals surface area contributed by atoms with E-state index in [0.29, 0.717) is 10.8 Å². The predicted molar refractivity (Wildman–Crippen MR) is 78.2 cm³/mol. The molecule has 1 aliphatic rings. The molecule has 1 saturated carbocycles. The highest BCUT2D eigenvalue weighted by Gasteiger charge is 2.33. The molecule has 0 aromatic heterocycles. The molecule has 0 heteroatoms. The number of rotatable bonds is 3. The summed E-state index contributed by atoms with van der Waals surface area (Å²) in [5, 5.41) is 0. The van der Waals surface area contributed by atoms with Gasteiger partial charge in [0.05, 0.1) is 0 Å². The van der Waals surface area contributed by atoms with Gasteiger partial charge in [-0.3, -0.25) is 0 Å². The van der Waals surface area contributed by atoms with E-state index < -0.39 is 0 Å². The molecular formula is C17H34. The summed E-state index contributed by atoms with van der Waals surface area (Å²) < 4.78 is 0. The molecule has 1 fully saturated rings. The van der Waals surface area contributed by atoms with Crippen LogP contribution in [0, 0.1) is 22.7 Å². The summed E-state index contributed by atoms with van der Waals surface area (Å²) in [6, 6.07) is 0. The van der Waals surface area contributed by atoms with Crippen molar-refractivity contribution in [3.63, 3.8) is 0 Å². The van der Waals surface area contributed by atoms with E-state index in [4.69, 9.17) is 0 Å². The third-order valence-corrected chi connectivity index (χ3v) is 4.52. The summed E-state index contributed by atoms with van der Waals surface area (Å²) in [5.41, 5.74) is 1.04. The van der Waals surface area contributed by atoms with Crippen LogP contribution >= 0.6 is 0 Å². The van der Waals surface area contributed by atoms with Crippen LogP contribution in [0.3, 0.4) is 0 Å². The van der Waals surface area contributed by atoms with E-state index >= 15 is 0 Å². The summed E-state index contributed by atoms with van der Waals surface area (Å²) in [6.45, 7) is 14.4. The number of hydrogen-bond acceptors (Lipinski definition) is 0. The molecule has 0 N–H and O–H groups in total. The van der Waals surface area contributed by atoms with Gasteiger partial charge in [-0.25, -0.2) is 0 Å². The fourth-order valence-corrected chi connectivity index (χ4v) is 3.59. The van der Waals surface area contributed by atoms with Crippen molar-refractivity contribution in [2.75, 3.05) is 0 Å². The fraction of sp³-hybridized carbons (Fsp3) is 1.00. The van der Waals surface area contributed by atoms with Gasteiger partial charge in [0.25, 0.3) is 0 Å². The second kappa shape index (κ2) is 5.76. The van der Waals surface area contributed by atoms with Gasteiger partial charge in [-0.05, 0) is 35.5 Å². The van der Waals surface area contributed by atoms with Gasteiger partial charge in [0.2, 0.25) is 0 Å². The van der Waals surface area contributed by atoms with Crippen LogP contribution in [0.25, 0.3) is 0 Å². The maximum Gasteiger partial charge on any atom is -0.0337 e. The summed E-state index contributed by atoms with van der Waals surface area (Å²) in [7, 11) is 0. The molecule has 0 bridgehead atoms. The molecule has 0 nitrogen and oxygen atoms in total. The maximum atomic E-state index is 2.44. The molecule has 0 aliphatic heterocycles. The van der Waals surface area contributed by atoms with Gasteiger partial charge >= 0.3 is 0 Å². The van der Waals surface area contributed by atoms with Crippen molar-refractivity contribution in [3.8, 4) is 0 Å². The molecule has 17 heavy (non-hydrogen) atoms. The Morgan fingerprint density at radius 2 is 1.47 bits per heavy atom. The smallest absolute Gasteiger partial charge is 0.0337 e. The van der Waals surface area contributed by atoms with Gasteiger partial charge < -0.3 is 0 Å². The quantitative estimate of drug-likeness (QED) is 0.561. The minimum absolute atomic E-state index is 0.520. The Labute approximate surface area is 110 Å². The zero-order chi connectivity index (χ0) is 13.1. The molecule has 2 atom stereocenters. The van der Waals surface area contributed by atoms with Gasteiger partial charge in [0.1, 0.15) is 0 Å². The van der Waals surface area contributed by atoms with Crippen LogP contribution in [0.4, 0.5) is 0 Å². The Morgan fingerprint density at radius 1 is 0.882 bits per heavy atom. The molecular weight excluding hydrogens is 204 g/mol. The van der Waals surface area contributed by atoms with Crippen molar-refractivity contribution in [2.24, 2.45) is 22.7 Å². The normalized spacial score (nSPS) is 27.2. The van der Waals surface area contributed by atoms with Crippen molar-refractivity contribution in [1.82, 2.24) is 0 Å². The molecule has 0 saturated heterocycles. The highest BCUT2D eigenvalue weighted by atomic mass is 14.4. The van der Waals surface area contributed by atoms with Gasteiger partial charge in [-0.1, -0.05) is 73.6 Å². The van der Waals surface area contributed by atoms with E-state index in [-0.39, 0.29) is 0 Å². The van der Waals surface area contributed by atoms with Crippen LogP contribution < -0.4 is 0 Å². The fourth-order valence-electron chi connectivity index (χ4n) is 3.59. The lowest BCUT2D eigenvalue weighted by atomic mass is 9.65. The summed E-state index contributed by atoms with van der Waals surface area (Å²) >= 11 is 0. The molecule has 0 heterocycles. The minimum atomic E-state index is 0.520. The first kappa shape index (κ1) is 15.1. The van der Waals surface area contributed by atoms with Crippen LogP contribution in [-0.2, 0) is 0 Å². The van der Waals surface area contributed by atoms with E-state index in [1.165, 1.54) is 44.9 Å². The Hall–Kier alpha value is 0. The lowest BCUT2D eigenvalue weighted by molar-refractivity contribution is 0.0974. The lowest BCUT2D eigenvalue weighted by Gasteiger charge is -2.41. The van der Waals surface area contributed by atoms with Gasteiger partial charge in [-0.15, -0.1) is 0 Å². The summed E-state index contributed by atoms with van der Waals surface area (Å²) in [6.07, 6.45) is 10.2. The van der Waals surface area contributed by atoms with Crippen molar-refractivity contribution in [1.29, 1.82) is 0 Å². The molecule has 2 unspecified atom stereocenters. The van der Waals surface area contributed by atoms with Crippen molar-refractivity contribution in [3.05, 3.63) is 0 Å². The standard InChI is InChI=1S/C17H34/c1-16(2,3)13-9-11-14-10-7-8-12-15(14)17(4,5)6/h14-15H,7-13H2,1-6H3.